The van der Waals surface area contributed by atoms with Crippen LogP contribution in [-0.4, -0.2) is 9.38 Å². The second-order valence-electron chi connectivity index (χ2n) is 4.40. The lowest BCUT2D eigenvalue weighted by molar-refractivity contribution is 0.301. The van der Waals surface area contributed by atoms with E-state index in [9.17, 15) is 4.39 Å². The predicted molar refractivity (Wildman–Crippen MR) is 70.7 cm³/mol. The van der Waals surface area contributed by atoms with Gasteiger partial charge in [0.1, 0.15) is 23.8 Å². The number of nitrogens with zero attached hydrogens (tertiary/aromatic N) is 2. The van der Waals surface area contributed by atoms with E-state index in [4.69, 9.17) is 4.74 Å². The maximum atomic E-state index is 13.1. The summed E-state index contributed by atoms with van der Waals surface area (Å²) in [7, 11) is 0. The van der Waals surface area contributed by atoms with E-state index < -0.39 is 0 Å². The molecule has 3 rings (SSSR count). The molecule has 0 aliphatic heterocycles. The van der Waals surface area contributed by atoms with Crippen LogP contribution in [0.3, 0.4) is 0 Å². The molecule has 0 saturated carbocycles. The average Bonchev–Trinajstić information content (AvgIpc) is 2.83. The van der Waals surface area contributed by atoms with Crippen LogP contribution in [0.25, 0.3) is 5.65 Å². The van der Waals surface area contributed by atoms with Gasteiger partial charge in [0.05, 0.1) is 5.69 Å². The molecular weight excluding hydrogens is 243 g/mol. The maximum absolute atomic E-state index is 13.1. The van der Waals surface area contributed by atoms with Gasteiger partial charge >= 0.3 is 0 Å². The van der Waals surface area contributed by atoms with E-state index in [0.29, 0.717) is 17.9 Å². The predicted octanol–water partition coefficient (Wildman–Crippen LogP) is 3.36. The molecule has 3 aromatic rings. The van der Waals surface area contributed by atoms with Gasteiger partial charge in [0.2, 0.25) is 0 Å². The van der Waals surface area contributed by atoms with E-state index in [1.165, 1.54) is 6.07 Å². The van der Waals surface area contributed by atoms with Crippen molar-refractivity contribution in [3.05, 3.63) is 65.9 Å². The Balaban J connectivity index is 1.76. The number of halogens is 1. The topological polar surface area (TPSA) is 26.5 Å². The minimum atomic E-state index is -0.222. The highest BCUT2D eigenvalue weighted by Gasteiger charge is 2.03. The molecule has 0 radical (unpaired) electrons. The van der Waals surface area contributed by atoms with Crippen LogP contribution in [0.4, 0.5) is 4.39 Å². The van der Waals surface area contributed by atoms with Gasteiger partial charge in [0, 0.05) is 12.4 Å². The van der Waals surface area contributed by atoms with Crippen molar-refractivity contribution in [1.29, 1.82) is 0 Å². The second kappa shape index (κ2) is 4.72. The van der Waals surface area contributed by atoms with Crippen molar-refractivity contribution in [2.75, 3.05) is 0 Å². The molecule has 0 N–H and O–H groups in total. The van der Waals surface area contributed by atoms with Crippen LogP contribution in [0.2, 0.25) is 0 Å². The van der Waals surface area contributed by atoms with Crippen molar-refractivity contribution in [2.45, 2.75) is 13.5 Å². The van der Waals surface area contributed by atoms with Crippen molar-refractivity contribution >= 4 is 5.65 Å². The largest absolute Gasteiger partial charge is 0.487 e. The Labute approximate surface area is 110 Å². The Morgan fingerprint density at radius 1 is 1.26 bits per heavy atom. The molecule has 3 nitrogen and oxygen atoms in total. The lowest BCUT2D eigenvalue weighted by Crippen LogP contribution is -1.96. The molecule has 19 heavy (non-hydrogen) atoms. The fourth-order valence-corrected chi connectivity index (χ4v) is 1.92. The summed E-state index contributed by atoms with van der Waals surface area (Å²) in [5.41, 5.74) is 2.30. The number of rotatable bonds is 3. The van der Waals surface area contributed by atoms with E-state index in [-0.39, 0.29) is 5.82 Å². The molecule has 1 aromatic carbocycles. The summed E-state index contributed by atoms with van der Waals surface area (Å²) >= 11 is 0. The zero-order chi connectivity index (χ0) is 13.2. The Bertz CT molecular complexity index is 688. The van der Waals surface area contributed by atoms with E-state index in [1.807, 2.05) is 35.0 Å². The fraction of sp³-hybridized carbons (Fsp3) is 0.133. The van der Waals surface area contributed by atoms with Gasteiger partial charge in [-0.25, -0.2) is 9.37 Å². The number of benzene rings is 1. The third kappa shape index (κ3) is 2.42. The first-order valence-electron chi connectivity index (χ1n) is 6.04. The van der Waals surface area contributed by atoms with Crippen molar-refractivity contribution in [1.82, 2.24) is 9.38 Å². The lowest BCUT2D eigenvalue weighted by Gasteiger charge is -2.05. The fourth-order valence-electron chi connectivity index (χ4n) is 1.92. The molecule has 0 aliphatic carbocycles. The van der Waals surface area contributed by atoms with Crippen molar-refractivity contribution in [3.63, 3.8) is 0 Å². The molecule has 0 fully saturated rings. The number of fused-ring (bicyclic) bond motifs is 1. The zero-order valence-electron chi connectivity index (χ0n) is 10.5. The van der Waals surface area contributed by atoms with Gasteiger partial charge in [0.15, 0.2) is 0 Å². The van der Waals surface area contributed by atoms with Crippen LogP contribution in [0.5, 0.6) is 5.75 Å². The van der Waals surface area contributed by atoms with Crippen molar-refractivity contribution < 1.29 is 9.13 Å². The van der Waals surface area contributed by atoms with E-state index in [0.717, 1.165) is 11.3 Å². The lowest BCUT2D eigenvalue weighted by atomic mass is 10.2. The summed E-state index contributed by atoms with van der Waals surface area (Å²) in [6.07, 6.45) is 3.86. The molecular formula is C15H13FN2O. The SMILES string of the molecule is Cc1cc(OCc2cn3ccccc3n2)ccc1F. The number of hydrogen-bond donors (Lipinski definition) is 0. The third-order valence-corrected chi connectivity index (χ3v) is 2.93. The first-order valence-corrected chi connectivity index (χ1v) is 6.04. The summed E-state index contributed by atoms with van der Waals surface area (Å²) in [6.45, 7) is 2.08. The quantitative estimate of drug-likeness (QED) is 0.718. The summed E-state index contributed by atoms with van der Waals surface area (Å²) in [4.78, 5) is 4.43. The maximum Gasteiger partial charge on any atom is 0.137 e. The van der Waals surface area contributed by atoms with Crippen LogP contribution in [0, 0.1) is 12.7 Å². The molecule has 0 aliphatic rings. The number of pyridine rings is 1. The molecule has 0 bridgehead atoms. The molecule has 4 heteroatoms. The summed E-state index contributed by atoms with van der Waals surface area (Å²) in [6, 6.07) is 10.5. The molecule has 96 valence electrons. The van der Waals surface area contributed by atoms with Gasteiger partial charge in [0.25, 0.3) is 0 Å². The van der Waals surface area contributed by atoms with Crippen LogP contribution >= 0.6 is 0 Å². The smallest absolute Gasteiger partial charge is 0.137 e. The molecule has 0 atom stereocenters. The number of aromatic nitrogens is 2. The minimum Gasteiger partial charge on any atom is -0.487 e. The normalized spacial score (nSPS) is 10.8. The van der Waals surface area contributed by atoms with Crippen LogP contribution < -0.4 is 4.74 Å². The number of hydrogen-bond acceptors (Lipinski definition) is 2. The van der Waals surface area contributed by atoms with Gasteiger partial charge in [-0.1, -0.05) is 6.07 Å². The van der Waals surface area contributed by atoms with E-state index >= 15 is 0 Å². The molecule has 0 amide bonds. The minimum absolute atomic E-state index is 0.222. The number of ether oxygens (including phenoxy) is 1. The summed E-state index contributed by atoms with van der Waals surface area (Å²) in [5, 5.41) is 0. The number of aryl methyl sites for hydroxylation is 1. The second-order valence-corrected chi connectivity index (χ2v) is 4.40. The van der Waals surface area contributed by atoms with E-state index in [1.54, 1.807) is 19.1 Å². The highest BCUT2D eigenvalue weighted by Crippen LogP contribution is 2.17. The van der Waals surface area contributed by atoms with Crippen molar-refractivity contribution in [2.24, 2.45) is 0 Å². The Morgan fingerprint density at radius 2 is 2.16 bits per heavy atom. The van der Waals surface area contributed by atoms with E-state index in [2.05, 4.69) is 4.98 Å². The van der Waals surface area contributed by atoms with Crippen LogP contribution in [0.15, 0.2) is 48.8 Å². The molecule has 2 aromatic heterocycles. The van der Waals surface area contributed by atoms with Crippen molar-refractivity contribution in [3.8, 4) is 5.75 Å². The van der Waals surface area contributed by atoms with Gasteiger partial charge in [-0.15, -0.1) is 0 Å². The average molecular weight is 256 g/mol. The Morgan fingerprint density at radius 3 is 2.95 bits per heavy atom. The van der Waals surface area contributed by atoms with Crippen LogP contribution in [0.1, 0.15) is 11.3 Å². The van der Waals surface area contributed by atoms with Gasteiger partial charge in [-0.3, -0.25) is 0 Å². The first kappa shape index (κ1) is 11.7. The Kier molecular flexibility index (Phi) is 2.91. The van der Waals surface area contributed by atoms with Gasteiger partial charge in [-0.2, -0.15) is 0 Å². The highest BCUT2D eigenvalue weighted by molar-refractivity contribution is 5.39. The molecule has 0 unspecified atom stereocenters. The van der Waals surface area contributed by atoms with Crippen LogP contribution in [-0.2, 0) is 6.61 Å². The first-order chi connectivity index (χ1) is 9.22. The summed E-state index contributed by atoms with van der Waals surface area (Å²) < 4.78 is 20.7. The standard InChI is InChI=1S/C15H13FN2O/c1-11-8-13(5-6-14(11)16)19-10-12-9-18-7-3-2-4-15(18)17-12/h2-9H,10H2,1H3. The highest BCUT2D eigenvalue weighted by atomic mass is 19.1. The Hall–Kier alpha value is -2.36. The van der Waals surface area contributed by atoms with Gasteiger partial charge in [-0.05, 0) is 42.8 Å². The molecule has 0 spiro atoms. The van der Waals surface area contributed by atoms with Gasteiger partial charge < -0.3 is 9.14 Å². The monoisotopic (exact) mass is 256 g/mol. The third-order valence-electron chi connectivity index (χ3n) is 2.93. The zero-order valence-corrected chi connectivity index (χ0v) is 10.5. The molecule has 2 heterocycles. The number of imidazole rings is 1. The molecule has 0 saturated heterocycles. The summed E-state index contributed by atoms with van der Waals surface area (Å²) in [5.74, 6) is 0.427.